The molecule has 2 aromatic carbocycles. The summed E-state index contributed by atoms with van der Waals surface area (Å²) in [7, 11) is 1.40. The first kappa shape index (κ1) is 21.3. The highest BCUT2D eigenvalue weighted by atomic mass is 16.5. The predicted octanol–water partition coefficient (Wildman–Crippen LogP) is 2.58. The molecule has 0 aliphatic carbocycles. The highest BCUT2D eigenvalue weighted by Crippen LogP contribution is 2.24. The molecule has 1 fully saturated rings. The van der Waals surface area contributed by atoms with Crippen LogP contribution in [-0.2, 0) is 9.47 Å². The number of β-amino-alcohol motifs (C(OH)–C–C–N with tert-alkyl or cyclic N) is 1. The van der Waals surface area contributed by atoms with Gasteiger partial charge in [-0.15, -0.1) is 0 Å². The van der Waals surface area contributed by atoms with Crippen molar-refractivity contribution in [2.75, 3.05) is 53.0 Å². The molecular weight excluding hydrogens is 368 g/mol. The molecule has 0 unspecified atom stereocenters. The molecule has 29 heavy (non-hydrogen) atoms. The standard InChI is InChI=1S/C23H30N2O4/c1-28-23(27)25-14-12-24(13-15-25)16-21(26)17-29-18-22(19-8-4-2-5-9-19)20-10-6-3-7-11-20/h2-11,21-22,26H,12-18H2,1H3/t21-/m0/s1. The number of carbonyl (C=O) groups is 1. The quantitative estimate of drug-likeness (QED) is 0.741. The topological polar surface area (TPSA) is 62.2 Å². The number of carbonyl (C=O) groups excluding carboxylic acids is 1. The lowest BCUT2D eigenvalue weighted by Crippen LogP contribution is -2.50. The molecule has 0 spiro atoms. The van der Waals surface area contributed by atoms with Gasteiger partial charge >= 0.3 is 6.09 Å². The third-order valence-corrected chi connectivity index (χ3v) is 5.27. The van der Waals surface area contributed by atoms with Crippen molar-refractivity contribution in [3.05, 3.63) is 71.8 Å². The van der Waals surface area contributed by atoms with Gasteiger partial charge in [0.15, 0.2) is 0 Å². The van der Waals surface area contributed by atoms with Gasteiger partial charge in [0.05, 0.1) is 26.4 Å². The summed E-state index contributed by atoms with van der Waals surface area (Å²) in [5, 5.41) is 10.4. The predicted molar refractivity (Wildman–Crippen MR) is 112 cm³/mol. The van der Waals surface area contributed by atoms with Crippen molar-refractivity contribution >= 4 is 6.09 Å². The molecular formula is C23H30N2O4. The summed E-state index contributed by atoms with van der Waals surface area (Å²) in [6, 6.07) is 20.6. The first-order chi connectivity index (χ1) is 14.2. The Labute approximate surface area is 172 Å². The van der Waals surface area contributed by atoms with Crippen LogP contribution in [0, 0.1) is 0 Å². The number of aliphatic hydroxyl groups excluding tert-OH is 1. The first-order valence-corrected chi connectivity index (χ1v) is 10.1. The van der Waals surface area contributed by atoms with Gasteiger partial charge in [0, 0.05) is 38.6 Å². The van der Waals surface area contributed by atoms with Crippen molar-refractivity contribution in [3.8, 4) is 0 Å². The molecule has 0 aromatic heterocycles. The van der Waals surface area contributed by atoms with Crippen LogP contribution < -0.4 is 0 Å². The van der Waals surface area contributed by atoms with Gasteiger partial charge in [0.2, 0.25) is 0 Å². The van der Waals surface area contributed by atoms with Crippen LogP contribution in [0.25, 0.3) is 0 Å². The highest BCUT2D eigenvalue weighted by molar-refractivity contribution is 5.67. The molecule has 0 radical (unpaired) electrons. The van der Waals surface area contributed by atoms with Crippen molar-refractivity contribution < 1.29 is 19.4 Å². The Morgan fingerprint density at radius 1 is 0.931 bits per heavy atom. The van der Waals surface area contributed by atoms with Gasteiger partial charge in [-0.25, -0.2) is 4.79 Å². The molecule has 1 atom stereocenters. The van der Waals surface area contributed by atoms with Crippen LogP contribution in [0.1, 0.15) is 17.0 Å². The van der Waals surface area contributed by atoms with Crippen LogP contribution in [0.2, 0.25) is 0 Å². The van der Waals surface area contributed by atoms with Gasteiger partial charge in [0.1, 0.15) is 0 Å². The summed E-state index contributed by atoms with van der Waals surface area (Å²) in [6.45, 7) is 4.02. The fourth-order valence-electron chi connectivity index (χ4n) is 3.67. The van der Waals surface area contributed by atoms with Crippen LogP contribution in [0.5, 0.6) is 0 Å². The van der Waals surface area contributed by atoms with E-state index in [0.717, 1.165) is 13.1 Å². The Hall–Kier alpha value is -2.41. The van der Waals surface area contributed by atoms with Crippen molar-refractivity contribution in [1.82, 2.24) is 9.80 Å². The van der Waals surface area contributed by atoms with Crippen molar-refractivity contribution in [1.29, 1.82) is 0 Å². The number of nitrogens with zero attached hydrogens (tertiary/aromatic N) is 2. The van der Waals surface area contributed by atoms with E-state index in [1.54, 1.807) is 4.90 Å². The molecule has 2 aromatic rings. The third-order valence-electron chi connectivity index (χ3n) is 5.27. The Morgan fingerprint density at radius 2 is 1.48 bits per heavy atom. The van der Waals surface area contributed by atoms with Crippen LogP contribution in [-0.4, -0.2) is 80.2 Å². The summed E-state index contributed by atoms with van der Waals surface area (Å²) in [6.07, 6.45) is -0.853. The summed E-state index contributed by atoms with van der Waals surface area (Å²) in [4.78, 5) is 15.4. The zero-order chi connectivity index (χ0) is 20.5. The number of aliphatic hydroxyl groups is 1. The summed E-state index contributed by atoms with van der Waals surface area (Å²) in [5.41, 5.74) is 2.40. The smallest absolute Gasteiger partial charge is 0.409 e. The second kappa shape index (κ2) is 11.0. The maximum Gasteiger partial charge on any atom is 0.409 e. The number of ether oxygens (including phenoxy) is 2. The largest absolute Gasteiger partial charge is 0.453 e. The average molecular weight is 399 g/mol. The van der Waals surface area contributed by atoms with E-state index in [2.05, 4.69) is 29.2 Å². The fourth-order valence-corrected chi connectivity index (χ4v) is 3.67. The molecule has 1 N–H and O–H groups in total. The van der Waals surface area contributed by atoms with E-state index in [1.165, 1.54) is 18.2 Å². The van der Waals surface area contributed by atoms with Crippen LogP contribution in [0.15, 0.2) is 60.7 Å². The van der Waals surface area contributed by atoms with E-state index >= 15 is 0 Å². The molecule has 1 amide bonds. The molecule has 1 aliphatic heterocycles. The molecule has 3 rings (SSSR count). The molecule has 156 valence electrons. The number of hydrogen-bond acceptors (Lipinski definition) is 5. The lowest BCUT2D eigenvalue weighted by Gasteiger charge is -2.34. The highest BCUT2D eigenvalue weighted by Gasteiger charge is 2.23. The van der Waals surface area contributed by atoms with Crippen LogP contribution in [0.4, 0.5) is 4.79 Å². The lowest BCUT2D eigenvalue weighted by atomic mass is 9.92. The zero-order valence-corrected chi connectivity index (χ0v) is 16.9. The van der Waals surface area contributed by atoms with Crippen LogP contribution >= 0.6 is 0 Å². The van der Waals surface area contributed by atoms with E-state index in [9.17, 15) is 9.90 Å². The second-order valence-corrected chi connectivity index (χ2v) is 7.32. The molecule has 1 heterocycles. The lowest BCUT2D eigenvalue weighted by molar-refractivity contribution is 0.00554. The maximum atomic E-state index is 11.6. The monoisotopic (exact) mass is 398 g/mol. The molecule has 0 bridgehead atoms. The number of amides is 1. The van der Waals surface area contributed by atoms with E-state index in [0.29, 0.717) is 26.2 Å². The molecule has 1 aliphatic rings. The Balaban J connectivity index is 1.47. The minimum Gasteiger partial charge on any atom is -0.453 e. The summed E-state index contributed by atoms with van der Waals surface area (Å²) in [5.74, 6) is 0.133. The number of hydrogen-bond donors (Lipinski definition) is 1. The van der Waals surface area contributed by atoms with Gasteiger partial charge in [-0.2, -0.15) is 0 Å². The van der Waals surface area contributed by atoms with Gasteiger partial charge in [-0.05, 0) is 11.1 Å². The summed E-state index contributed by atoms with van der Waals surface area (Å²) >= 11 is 0. The summed E-state index contributed by atoms with van der Waals surface area (Å²) < 4.78 is 10.7. The SMILES string of the molecule is COC(=O)N1CCN(C[C@H](O)COCC(c2ccccc2)c2ccccc2)CC1. The van der Waals surface area contributed by atoms with Gasteiger partial charge in [-0.1, -0.05) is 60.7 Å². The first-order valence-electron chi connectivity index (χ1n) is 10.1. The Kier molecular flexibility index (Phi) is 8.04. The van der Waals surface area contributed by atoms with Gasteiger partial charge in [0.25, 0.3) is 0 Å². The van der Waals surface area contributed by atoms with E-state index in [4.69, 9.17) is 9.47 Å². The molecule has 0 saturated carbocycles. The number of piperazine rings is 1. The maximum absolute atomic E-state index is 11.6. The average Bonchev–Trinajstić information content (AvgIpc) is 2.78. The molecule has 1 saturated heterocycles. The number of methoxy groups -OCH3 is 1. The fraction of sp³-hybridized carbons (Fsp3) is 0.435. The Bertz CT molecular complexity index is 694. The minimum atomic E-state index is -0.563. The van der Waals surface area contributed by atoms with Gasteiger partial charge in [-0.3, -0.25) is 4.90 Å². The third kappa shape index (κ3) is 6.29. The van der Waals surface area contributed by atoms with Crippen molar-refractivity contribution in [2.24, 2.45) is 0 Å². The van der Waals surface area contributed by atoms with Crippen molar-refractivity contribution in [3.63, 3.8) is 0 Å². The Morgan fingerprint density at radius 3 is 2.00 bits per heavy atom. The normalized spacial score (nSPS) is 16.0. The van der Waals surface area contributed by atoms with E-state index < -0.39 is 6.10 Å². The van der Waals surface area contributed by atoms with Crippen molar-refractivity contribution in [2.45, 2.75) is 12.0 Å². The second-order valence-electron chi connectivity index (χ2n) is 7.32. The van der Waals surface area contributed by atoms with E-state index in [-0.39, 0.29) is 18.6 Å². The van der Waals surface area contributed by atoms with Crippen LogP contribution in [0.3, 0.4) is 0 Å². The van der Waals surface area contributed by atoms with Gasteiger partial charge < -0.3 is 19.5 Å². The van der Waals surface area contributed by atoms with E-state index in [1.807, 2.05) is 36.4 Å². The number of benzene rings is 2. The number of rotatable bonds is 8. The molecule has 6 nitrogen and oxygen atoms in total. The molecule has 6 heteroatoms. The minimum absolute atomic E-state index is 0.133. The zero-order valence-electron chi connectivity index (χ0n) is 16.9.